The number of aromatic nitrogens is 3. The molecule has 5 nitrogen and oxygen atoms in total. The molecule has 1 aliphatic rings. The Hall–Kier alpha value is -2.17. The Morgan fingerprint density at radius 1 is 1.33 bits per heavy atom. The number of piperidine rings is 1. The van der Waals surface area contributed by atoms with Crippen molar-refractivity contribution in [3.05, 3.63) is 42.0 Å². The normalized spacial score (nSPS) is 18.8. The van der Waals surface area contributed by atoms with E-state index in [1.807, 2.05) is 36.1 Å². The van der Waals surface area contributed by atoms with Gasteiger partial charge >= 0.3 is 0 Å². The van der Waals surface area contributed by atoms with Crippen LogP contribution in [-0.4, -0.2) is 38.2 Å². The summed E-state index contributed by atoms with van der Waals surface area (Å²) in [6, 6.07) is 8.26. The van der Waals surface area contributed by atoms with Crippen LogP contribution in [0.4, 0.5) is 0 Å². The molecular formula is C16H20N4O. The molecule has 1 amide bonds. The van der Waals surface area contributed by atoms with Crippen molar-refractivity contribution >= 4 is 5.91 Å². The van der Waals surface area contributed by atoms with Gasteiger partial charge in [0, 0.05) is 12.6 Å². The SMILES string of the molecule is Cc1cccc(-n2cnc(C(=O)N3CCCCC3C)n2)c1. The summed E-state index contributed by atoms with van der Waals surface area (Å²) in [5, 5.41) is 4.35. The molecule has 0 radical (unpaired) electrons. The van der Waals surface area contributed by atoms with Crippen molar-refractivity contribution in [3.8, 4) is 5.69 Å². The van der Waals surface area contributed by atoms with Crippen LogP contribution < -0.4 is 0 Å². The zero-order chi connectivity index (χ0) is 14.8. The predicted octanol–water partition coefficient (Wildman–Crippen LogP) is 2.59. The second kappa shape index (κ2) is 5.68. The van der Waals surface area contributed by atoms with Crippen LogP contribution in [0.5, 0.6) is 0 Å². The summed E-state index contributed by atoms with van der Waals surface area (Å²) in [6.45, 7) is 4.93. The fraction of sp³-hybridized carbons (Fsp3) is 0.438. The van der Waals surface area contributed by atoms with E-state index in [1.54, 1.807) is 11.0 Å². The highest BCUT2D eigenvalue weighted by atomic mass is 16.2. The number of benzene rings is 1. The van der Waals surface area contributed by atoms with Crippen molar-refractivity contribution in [2.24, 2.45) is 0 Å². The Morgan fingerprint density at radius 3 is 2.95 bits per heavy atom. The highest BCUT2D eigenvalue weighted by Gasteiger charge is 2.26. The molecule has 1 aromatic carbocycles. The summed E-state index contributed by atoms with van der Waals surface area (Å²) in [5.74, 6) is 0.221. The van der Waals surface area contributed by atoms with Crippen LogP contribution in [0.3, 0.4) is 0 Å². The third kappa shape index (κ3) is 2.82. The lowest BCUT2D eigenvalue weighted by molar-refractivity contribution is 0.0623. The van der Waals surface area contributed by atoms with E-state index in [1.165, 1.54) is 6.42 Å². The van der Waals surface area contributed by atoms with Crippen LogP contribution in [0, 0.1) is 6.92 Å². The van der Waals surface area contributed by atoms with Crippen molar-refractivity contribution in [2.75, 3.05) is 6.54 Å². The van der Waals surface area contributed by atoms with Crippen LogP contribution in [0.2, 0.25) is 0 Å². The molecule has 3 rings (SSSR count). The quantitative estimate of drug-likeness (QED) is 0.851. The van der Waals surface area contributed by atoms with Gasteiger partial charge in [-0.25, -0.2) is 9.67 Å². The lowest BCUT2D eigenvalue weighted by Gasteiger charge is -2.32. The molecule has 1 unspecified atom stereocenters. The minimum atomic E-state index is -0.0615. The molecule has 1 aromatic heterocycles. The summed E-state index contributed by atoms with van der Waals surface area (Å²) in [7, 11) is 0. The standard InChI is InChI=1S/C16H20N4O/c1-12-6-5-8-14(10-12)20-11-17-15(18-20)16(21)19-9-4-3-7-13(19)2/h5-6,8,10-11,13H,3-4,7,9H2,1-2H3. The lowest BCUT2D eigenvalue weighted by atomic mass is 10.0. The molecule has 2 aromatic rings. The monoisotopic (exact) mass is 284 g/mol. The topological polar surface area (TPSA) is 51.0 Å². The zero-order valence-corrected chi connectivity index (χ0v) is 12.5. The van der Waals surface area contributed by atoms with E-state index in [0.29, 0.717) is 0 Å². The fourth-order valence-electron chi connectivity index (χ4n) is 2.78. The molecule has 21 heavy (non-hydrogen) atoms. The third-order valence-corrected chi connectivity index (χ3v) is 4.01. The summed E-state index contributed by atoms with van der Waals surface area (Å²) >= 11 is 0. The first-order valence-corrected chi connectivity index (χ1v) is 7.45. The highest BCUT2D eigenvalue weighted by molar-refractivity contribution is 5.90. The fourth-order valence-corrected chi connectivity index (χ4v) is 2.78. The van der Waals surface area contributed by atoms with Crippen LogP contribution in [0.25, 0.3) is 5.69 Å². The van der Waals surface area contributed by atoms with Crippen LogP contribution >= 0.6 is 0 Å². The Morgan fingerprint density at radius 2 is 2.19 bits per heavy atom. The highest BCUT2D eigenvalue weighted by Crippen LogP contribution is 2.18. The molecule has 0 saturated carbocycles. The van der Waals surface area contributed by atoms with E-state index in [9.17, 15) is 4.79 Å². The maximum atomic E-state index is 12.5. The van der Waals surface area contributed by atoms with Gasteiger partial charge in [0.1, 0.15) is 6.33 Å². The first kappa shape index (κ1) is 13.8. The number of rotatable bonds is 2. The van der Waals surface area contributed by atoms with Gasteiger partial charge in [0.05, 0.1) is 5.69 Å². The molecule has 0 aliphatic carbocycles. The maximum absolute atomic E-state index is 12.5. The molecule has 110 valence electrons. The first-order chi connectivity index (χ1) is 10.1. The number of carbonyl (C=O) groups excluding carboxylic acids is 1. The minimum absolute atomic E-state index is 0.0615. The smallest absolute Gasteiger partial charge is 0.293 e. The number of hydrogen-bond acceptors (Lipinski definition) is 3. The van der Waals surface area contributed by atoms with Crippen molar-refractivity contribution in [1.29, 1.82) is 0 Å². The van der Waals surface area contributed by atoms with Gasteiger partial charge in [-0.1, -0.05) is 12.1 Å². The van der Waals surface area contributed by atoms with E-state index in [4.69, 9.17) is 0 Å². The Balaban J connectivity index is 1.83. The van der Waals surface area contributed by atoms with E-state index in [0.717, 1.165) is 30.6 Å². The van der Waals surface area contributed by atoms with Crippen molar-refractivity contribution in [2.45, 2.75) is 39.2 Å². The molecule has 0 N–H and O–H groups in total. The second-order valence-corrected chi connectivity index (χ2v) is 5.70. The van der Waals surface area contributed by atoms with Crippen molar-refractivity contribution < 1.29 is 4.79 Å². The Kier molecular flexibility index (Phi) is 3.73. The van der Waals surface area contributed by atoms with E-state index < -0.39 is 0 Å². The van der Waals surface area contributed by atoms with Crippen LogP contribution in [0.15, 0.2) is 30.6 Å². The Labute approximate surface area is 124 Å². The molecule has 0 spiro atoms. The third-order valence-electron chi connectivity index (χ3n) is 4.01. The number of aryl methyl sites for hydroxylation is 1. The van der Waals surface area contributed by atoms with Gasteiger partial charge in [-0.2, -0.15) is 0 Å². The van der Waals surface area contributed by atoms with Gasteiger partial charge in [0.25, 0.3) is 5.91 Å². The average Bonchev–Trinajstić information content (AvgIpc) is 2.97. The molecule has 2 heterocycles. The van der Waals surface area contributed by atoms with Crippen LogP contribution in [0.1, 0.15) is 42.4 Å². The van der Waals surface area contributed by atoms with Gasteiger partial charge in [-0.3, -0.25) is 4.79 Å². The van der Waals surface area contributed by atoms with Gasteiger partial charge < -0.3 is 4.90 Å². The average molecular weight is 284 g/mol. The predicted molar refractivity (Wildman–Crippen MR) is 80.4 cm³/mol. The van der Waals surface area contributed by atoms with E-state index >= 15 is 0 Å². The number of nitrogens with zero attached hydrogens (tertiary/aromatic N) is 4. The lowest BCUT2D eigenvalue weighted by Crippen LogP contribution is -2.42. The number of likely N-dealkylation sites (tertiary alicyclic amines) is 1. The summed E-state index contributed by atoms with van der Waals surface area (Å²) < 4.78 is 1.66. The summed E-state index contributed by atoms with van der Waals surface area (Å²) in [5.41, 5.74) is 2.08. The van der Waals surface area contributed by atoms with Gasteiger partial charge in [0.2, 0.25) is 5.82 Å². The summed E-state index contributed by atoms with van der Waals surface area (Å²) in [6.07, 6.45) is 4.92. The molecular weight excluding hydrogens is 264 g/mol. The number of amides is 1. The zero-order valence-electron chi connectivity index (χ0n) is 12.5. The molecule has 1 atom stereocenters. The van der Waals surface area contributed by atoms with Gasteiger partial charge in [-0.15, -0.1) is 5.10 Å². The molecule has 0 bridgehead atoms. The van der Waals surface area contributed by atoms with Crippen LogP contribution in [-0.2, 0) is 0 Å². The molecule has 1 aliphatic heterocycles. The minimum Gasteiger partial charge on any atom is -0.333 e. The van der Waals surface area contributed by atoms with Gasteiger partial charge in [-0.05, 0) is 50.8 Å². The second-order valence-electron chi connectivity index (χ2n) is 5.70. The van der Waals surface area contributed by atoms with E-state index in [2.05, 4.69) is 17.0 Å². The summed E-state index contributed by atoms with van der Waals surface area (Å²) in [4.78, 5) is 18.6. The molecule has 1 saturated heterocycles. The van der Waals surface area contributed by atoms with Crippen molar-refractivity contribution in [3.63, 3.8) is 0 Å². The Bertz CT molecular complexity index is 649. The first-order valence-electron chi connectivity index (χ1n) is 7.45. The van der Waals surface area contributed by atoms with Gasteiger partial charge in [0.15, 0.2) is 0 Å². The molecule has 5 heteroatoms. The number of hydrogen-bond donors (Lipinski definition) is 0. The maximum Gasteiger partial charge on any atom is 0.293 e. The number of carbonyl (C=O) groups is 1. The van der Waals surface area contributed by atoms with Crippen molar-refractivity contribution in [1.82, 2.24) is 19.7 Å². The molecule has 1 fully saturated rings. The largest absolute Gasteiger partial charge is 0.333 e. The van der Waals surface area contributed by atoms with E-state index in [-0.39, 0.29) is 17.8 Å².